The van der Waals surface area contributed by atoms with Gasteiger partial charge < -0.3 is 5.32 Å². The smallest absolute Gasteiger partial charge is 0.253 e. The van der Waals surface area contributed by atoms with Gasteiger partial charge in [-0.25, -0.2) is 0 Å². The highest BCUT2D eigenvalue weighted by Gasteiger charge is 2.09. The molecule has 1 amide bonds. The highest BCUT2D eigenvalue weighted by molar-refractivity contribution is 6.31. The number of carbonyl (C=O) groups is 2. The molecule has 0 aliphatic rings. The molecule has 0 saturated heterocycles. The molecule has 0 unspecified atom stereocenters. The topological polar surface area (TPSA) is 59.1 Å². The van der Waals surface area contributed by atoms with Crippen LogP contribution in [0.5, 0.6) is 0 Å². The maximum Gasteiger partial charge on any atom is 0.253 e. The minimum Gasteiger partial charge on any atom is -0.345 e. The molecule has 4 nitrogen and oxygen atoms in total. The van der Waals surface area contributed by atoms with Gasteiger partial charge in [0.25, 0.3) is 5.91 Å². The third kappa shape index (κ3) is 3.63. The fourth-order valence-corrected chi connectivity index (χ4v) is 1.71. The number of hydrogen-bond donors (Lipinski definition) is 1. The Morgan fingerprint density at radius 1 is 1.16 bits per heavy atom. The zero-order chi connectivity index (χ0) is 13.7. The summed E-state index contributed by atoms with van der Waals surface area (Å²) in [6, 6.07) is 9.90. The van der Waals surface area contributed by atoms with Gasteiger partial charge >= 0.3 is 0 Å². The third-order valence-electron chi connectivity index (χ3n) is 2.48. The van der Waals surface area contributed by atoms with Crippen LogP contribution in [0.15, 0.2) is 48.8 Å². The van der Waals surface area contributed by atoms with Crippen molar-refractivity contribution >= 4 is 23.3 Å². The number of amides is 1. The van der Waals surface area contributed by atoms with Crippen molar-refractivity contribution in [1.82, 2.24) is 10.3 Å². The number of carbonyl (C=O) groups excluding carboxylic acids is 2. The van der Waals surface area contributed by atoms with Crippen molar-refractivity contribution in [2.45, 2.75) is 0 Å². The van der Waals surface area contributed by atoms with Gasteiger partial charge in [-0.15, -0.1) is 0 Å². The summed E-state index contributed by atoms with van der Waals surface area (Å²) < 4.78 is 0. The molecule has 2 aromatic rings. The van der Waals surface area contributed by atoms with Crippen molar-refractivity contribution in [3.8, 4) is 0 Å². The molecule has 0 radical (unpaired) electrons. The number of Topliss-reactive ketones (excluding diaryl/α,β-unsaturated/α-hetero) is 1. The van der Waals surface area contributed by atoms with Crippen molar-refractivity contribution < 1.29 is 9.59 Å². The van der Waals surface area contributed by atoms with Crippen LogP contribution >= 0.6 is 11.6 Å². The zero-order valence-electron chi connectivity index (χ0n) is 9.97. The molecule has 5 heteroatoms. The number of nitrogens with one attached hydrogen (secondary N) is 1. The second-order valence-corrected chi connectivity index (χ2v) is 4.29. The van der Waals surface area contributed by atoms with E-state index in [1.165, 1.54) is 6.20 Å². The molecule has 0 spiro atoms. The lowest BCUT2D eigenvalue weighted by Gasteiger charge is -2.04. The summed E-state index contributed by atoms with van der Waals surface area (Å²) in [5, 5.41) is 3.04. The maximum atomic E-state index is 11.8. The highest BCUT2D eigenvalue weighted by Crippen LogP contribution is 2.10. The van der Waals surface area contributed by atoms with Crippen molar-refractivity contribution in [3.63, 3.8) is 0 Å². The Morgan fingerprint density at radius 3 is 2.63 bits per heavy atom. The van der Waals surface area contributed by atoms with Crippen LogP contribution in [-0.4, -0.2) is 23.2 Å². The summed E-state index contributed by atoms with van der Waals surface area (Å²) in [7, 11) is 0. The second kappa shape index (κ2) is 6.11. The minimum atomic E-state index is -0.330. The van der Waals surface area contributed by atoms with E-state index in [0.717, 1.165) is 0 Å². The molecule has 1 aromatic heterocycles. The number of nitrogens with zero attached hydrogens (tertiary/aromatic N) is 1. The van der Waals surface area contributed by atoms with Gasteiger partial charge in [0.2, 0.25) is 0 Å². The Hall–Kier alpha value is -2.20. The standard InChI is InChI=1S/C14H11ClN2O2/c15-12-5-1-3-10(7-12)13(18)9-17-14(19)11-4-2-6-16-8-11/h1-8H,9H2,(H,17,19). The SMILES string of the molecule is O=C(CNC(=O)c1cccnc1)c1cccc(Cl)c1. The lowest BCUT2D eigenvalue weighted by Crippen LogP contribution is -2.29. The molecule has 0 bridgehead atoms. The summed E-state index contributed by atoms with van der Waals surface area (Å²) in [6.45, 7) is -0.0753. The molecule has 1 N–H and O–H groups in total. The molecule has 2 rings (SSSR count). The van der Waals surface area contributed by atoms with Gasteiger partial charge in [-0.05, 0) is 24.3 Å². The van der Waals surface area contributed by atoms with Crippen LogP contribution in [0, 0.1) is 0 Å². The Balaban J connectivity index is 1.96. The van der Waals surface area contributed by atoms with Crippen LogP contribution in [0.4, 0.5) is 0 Å². The Labute approximate surface area is 115 Å². The molecule has 0 aliphatic carbocycles. The molecular formula is C14H11ClN2O2. The van der Waals surface area contributed by atoms with Crippen molar-refractivity contribution in [2.24, 2.45) is 0 Å². The average Bonchev–Trinajstić information content (AvgIpc) is 2.45. The number of aromatic nitrogens is 1. The highest BCUT2D eigenvalue weighted by atomic mass is 35.5. The predicted octanol–water partition coefficient (Wildman–Crippen LogP) is 2.35. The molecule has 1 heterocycles. The van der Waals surface area contributed by atoms with Gasteiger partial charge in [0.05, 0.1) is 12.1 Å². The van der Waals surface area contributed by atoms with E-state index in [2.05, 4.69) is 10.3 Å². The molecule has 0 atom stereocenters. The first kappa shape index (κ1) is 13.2. The summed E-state index contributed by atoms with van der Waals surface area (Å²) in [5.41, 5.74) is 0.889. The largest absolute Gasteiger partial charge is 0.345 e. The maximum absolute atomic E-state index is 11.8. The number of rotatable bonds is 4. The summed E-state index contributed by atoms with van der Waals surface area (Å²) in [4.78, 5) is 27.4. The number of halogens is 1. The summed E-state index contributed by atoms with van der Waals surface area (Å²) >= 11 is 5.80. The molecule has 0 aliphatic heterocycles. The van der Waals surface area contributed by atoms with Crippen LogP contribution in [0.2, 0.25) is 5.02 Å². The predicted molar refractivity (Wildman–Crippen MR) is 72.4 cm³/mol. The first-order valence-corrected chi connectivity index (χ1v) is 6.01. The van der Waals surface area contributed by atoms with E-state index >= 15 is 0 Å². The minimum absolute atomic E-state index is 0.0753. The lowest BCUT2D eigenvalue weighted by molar-refractivity contribution is 0.0904. The Kier molecular flexibility index (Phi) is 4.26. The fourth-order valence-electron chi connectivity index (χ4n) is 1.52. The van der Waals surface area contributed by atoms with E-state index < -0.39 is 0 Å². The van der Waals surface area contributed by atoms with Gasteiger partial charge in [-0.2, -0.15) is 0 Å². The number of pyridine rings is 1. The van der Waals surface area contributed by atoms with E-state index in [1.807, 2.05) is 0 Å². The fraction of sp³-hybridized carbons (Fsp3) is 0.0714. The monoisotopic (exact) mass is 274 g/mol. The zero-order valence-corrected chi connectivity index (χ0v) is 10.7. The first-order valence-electron chi connectivity index (χ1n) is 5.64. The van der Waals surface area contributed by atoms with E-state index in [-0.39, 0.29) is 18.2 Å². The molecular weight excluding hydrogens is 264 g/mol. The van der Waals surface area contributed by atoms with Crippen LogP contribution < -0.4 is 5.32 Å². The van der Waals surface area contributed by atoms with Gasteiger partial charge in [0.1, 0.15) is 0 Å². The van der Waals surface area contributed by atoms with E-state index in [9.17, 15) is 9.59 Å². The van der Waals surface area contributed by atoms with Crippen molar-refractivity contribution in [2.75, 3.05) is 6.54 Å². The van der Waals surface area contributed by atoms with Crippen LogP contribution in [0.25, 0.3) is 0 Å². The molecule has 0 fully saturated rings. The van der Waals surface area contributed by atoms with Crippen LogP contribution in [0.1, 0.15) is 20.7 Å². The van der Waals surface area contributed by atoms with Crippen molar-refractivity contribution in [3.05, 3.63) is 64.9 Å². The normalized spacial score (nSPS) is 9.95. The van der Waals surface area contributed by atoms with Gasteiger partial charge in [0.15, 0.2) is 5.78 Å². The number of benzene rings is 1. The molecule has 19 heavy (non-hydrogen) atoms. The van der Waals surface area contributed by atoms with Crippen molar-refractivity contribution in [1.29, 1.82) is 0 Å². The van der Waals surface area contributed by atoms with E-state index in [1.54, 1.807) is 42.6 Å². The van der Waals surface area contributed by atoms with Gasteiger partial charge in [-0.3, -0.25) is 14.6 Å². The Bertz CT molecular complexity index is 599. The first-order chi connectivity index (χ1) is 9.16. The van der Waals surface area contributed by atoms with Gasteiger partial charge in [-0.1, -0.05) is 23.7 Å². The molecule has 0 saturated carbocycles. The van der Waals surface area contributed by atoms with Crippen LogP contribution in [0.3, 0.4) is 0 Å². The second-order valence-electron chi connectivity index (χ2n) is 3.86. The van der Waals surface area contributed by atoms with Gasteiger partial charge in [0, 0.05) is 23.0 Å². The molecule has 96 valence electrons. The number of ketones is 1. The summed E-state index contributed by atoms with van der Waals surface area (Å²) in [5.74, 6) is -0.525. The molecule has 1 aromatic carbocycles. The Morgan fingerprint density at radius 2 is 1.95 bits per heavy atom. The quantitative estimate of drug-likeness (QED) is 0.871. The third-order valence-corrected chi connectivity index (χ3v) is 2.71. The lowest BCUT2D eigenvalue weighted by atomic mass is 10.1. The number of hydrogen-bond acceptors (Lipinski definition) is 3. The van der Waals surface area contributed by atoms with E-state index in [0.29, 0.717) is 16.1 Å². The average molecular weight is 275 g/mol. The van der Waals surface area contributed by atoms with Crippen LogP contribution in [-0.2, 0) is 0 Å². The van der Waals surface area contributed by atoms with E-state index in [4.69, 9.17) is 11.6 Å². The summed E-state index contributed by atoms with van der Waals surface area (Å²) in [6.07, 6.45) is 3.02.